The smallest absolute Gasteiger partial charge is 0.0660 e. The number of ether oxygens (including phenoxy) is 1. The molecular weight excluding hydrogens is 234 g/mol. The van der Waals surface area contributed by atoms with Gasteiger partial charge in [0.25, 0.3) is 0 Å². The SMILES string of the molecule is CC[C@]1(C)C[C@](CCN)(c2ccc(C)cc2)CCO1. The van der Waals surface area contributed by atoms with Crippen molar-refractivity contribution in [3.05, 3.63) is 35.4 Å². The van der Waals surface area contributed by atoms with E-state index in [9.17, 15) is 0 Å². The summed E-state index contributed by atoms with van der Waals surface area (Å²) in [6.45, 7) is 8.19. The van der Waals surface area contributed by atoms with Gasteiger partial charge in [0.15, 0.2) is 0 Å². The lowest BCUT2D eigenvalue weighted by molar-refractivity contribution is -0.0976. The molecular formula is C17H27NO. The van der Waals surface area contributed by atoms with Crippen LogP contribution in [0.25, 0.3) is 0 Å². The van der Waals surface area contributed by atoms with E-state index in [-0.39, 0.29) is 11.0 Å². The summed E-state index contributed by atoms with van der Waals surface area (Å²) < 4.78 is 6.02. The van der Waals surface area contributed by atoms with Gasteiger partial charge in [-0.3, -0.25) is 0 Å². The van der Waals surface area contributed by atoms with Crippen molar-refractivity contribution in [1.29, 1.82) is 0 Å². The fraction of sp³-hybridized carbons (Fsp3) is 0.647. The first-order chi connectivity index (χ1) is 9.03. The van der Waals surface area contributed by atoms with Gasteiger partial charge in [0.1, 0.15) is 0 Å². The molecule has 0 radical (unpaired) electrons. The summed E-state index contributed by atoms with van der Waals surface area (Å²) in [4.78, 5) is 0. The molecule has 0 aromatic heterocycles. The fourth-order valence-electron chi connectivity index (χ4n) is 3.36. The van der Waals surface area contributed by atoms with E-state index in [2.05, 4.69) is 45.0 Å². The van der Waals surface area contributed by atoms with Crippen molar-refractivity contribution in [3.63, 3.8) is 0 Å². The molecule has 0 bridgehead atoms. The summed E-state index contributed by atoms with van der Waals surface area (Å²) >= 11 is 0. The van der Waals surface area contributed by atoms with Gasteiger partial charge in [-0.1, -0.05) is 36.8 Å². The molecule has 2 atom stereocenters. The van der Waals surface area contributed by atoms with E-state index in [0.717, 1.165) is 38.8 Å². The van der Waals surface area contributed by atoms with Crippen LogP contribution in [-0.2, 0) is 10.2 Å². The van der Waals surface area contributed by atoms with E-state index in [0.29, 0.717) is 0 Å². The molecule has 19 heavy (non-hydrogen) atoms. The predicted octanol–water partition coefficient (Wildman–Crippen LogP) is 3.56. The molecule has 2 nitrogen and oxygen atoms in total. The summed E-state index contributed by atoms with van der Waals surface area (Å²) in [5.41, 5.74) is 8.85. The standard InChI is InChI=1S/C17H27NO/c1-4-16(3)13-17(9-11-18,10-12-19-16)15-7-5-14(2)6-8-15/h5-8H,4,9-13,18H2,1-3H3/t16-,17-/m1/s1. The largest absolute Gasteiger partial charge is 0.375 e. The van der Waals surface area contributed by atoms with E-state index in [1.165, 1.54) is 11.1 Å². The van der Waals surface area contributed by atoms with E-state index >= 15 is 0 Å². The average Bonchev–Trinajstić information content (AvgIpc) is 2.40. The van der Waals surface area contributed by atoms with Gasteiger partial charge < -0.3 is 10.5 Å². The molecule has 0 aliphatic carbocycles. The highest BCUT2D eigenvalue weighted by atomic mass is 16.5. The molecule has 1 saturated heterocycles. The summed E-state index contributed by atoms with van der Waals surface area (Å²) in [5.74, 6) is 0. The molecule has 0 unspecified atom stereocenters. The Hall–Kier alpha value is -0.860. The third kappa shape index (κ3) is 3.01. The minimum atomic E-state index is -0.00168. The van der Waals surface area contributed by atoms with Crippen LogP contribution in [0.15, 0.2) is 24.3 Å². The summed E-state index contributed by atoms with van der Waals surface area (Å²) in [6.07, 6.45) is 4.28. The zero-order chi connectivity index (χ0) is 13.9. The first-order valence-electron chi connectivity index (χ1n) is 7.45. The summed E-state index contributed by atoms with van der Waals surface area (Å²) in [5, 5.41) is 0. The maximum absolute atomic E-state index is 6.02. The van der Waals surface area contributed by atoms with Crippen LogP contribution in [-0.4, -0.2) is 18.8 Å². The lowest BCUT2D eigenvalue weighted by Crippen LogP contribution is -2.46. The van der Waals surface area contributed by atoms with Crippen LogP contribution in [0.3, 0.4) is 0 Å². The van der Waals surface area contributed by atoms with Gasteiger partial charge in [0.05, 0.1) is 5.60 Å². The number of nitrogens with two attached hydrogens (primary N) is 1. The Morgan fingerprint density at radius 2 is 1.95 bits per heavy atom. The second-order valence-electron chi connectivity index (χ2n) is 6.26. The van der Waals surface area contributed by atoms with Crippen LogP contribution >= 0.6 is 0 Å². The Balaban J connectivity index is 2.34. The second-order valence-corrected chi connectivity index (χ2v) is 6.26. The molecule has 1 aliphatic heterocycles. The molecule has 106 valence electrons. The lowest BCUT2D eigenvalue weighted by Gasteiger charge is -2.46. The molecule has 1 aliphatic rings. The van der Waals surface area contributed by atoms with E-state index < -0.39 is 0 Å². The summed E-state index contributed by atoms with van der Waals surface area (Å²) in [6, 6.07) is 9.00. The van der Waals surface area contributed by atoms with Crippen LogP contribution in [0.2, 0.25) is 0 Å². The molecule has 2 rings (SSSR count). The third-order valence-corrected chi connectivity index (χ3v) is 4.78. The maximum Gasteiger partial charge on any atom is 0.0660 e. The van der Waals surface area contributed by atoms with E-state index in [1.54, 1.807) is 0 Å². The highest BCUT2D eigenvalue weighted by Crippen LogP contribution is 2.44. The van der Waals surface area contributed by atoms with Crippen molar-refractivity contribution < 1.29 is 4.74 Å². The van der Waals surface area contributed by atoms with Crippen molar-refractivity contribution >= 4 is 0 Å². The van der Waals surface area contributed by atoms with Crippen LogP contribution in [0, 0.1) is 6.92 Å². The highest BCUT2D eigenvalue weighted by molar-refractivity contribution is 5.30. The normalized spacial score (nSPS) is 31.4. The molecule has 1 heterocycles. The third-order valence-electron chi connectivity index (χ3n) is 4.78. The highest BCUT2D eigenvalue weighted by Gasteiger charge is 2.42. The second kappa shape index (κ2) is 5.64. The van der Waals surface area contributed by atoms with E-state index in [1.807, 2.05) is 0 Å². The fourth-order valence-corrected chi connectivity index (χ4v) is 3.36. The van der Waals surface area contributed by atoms with Crippen LogP contribution in [0.5, 0.6) is 0 Å². The van der Waals surface area contributed by atoms with Crippen molar-refractivity contribution in [3.8, 4) is 0 Å². The lowest BCUT2D eigenvalue weighted by atomic mass is 9.66. The van der Waals surface area contributed by atoms with Gasteiger partial charge in [0.2, 0.25) is 0 Å². The van der Waals surface area contributed by atoms with Crippen molar-refractivity contribution in [2.75, 3.05) is 13.2 Å². The Kier molecular flexibility index (Phi) is 4.32. The first-order valence-corrected chi connectivity index (χ1v) is 7.45. The maximum atomic E-state index is 6.02. The Labute approximate surface area is 117 Å². The Morgan fingerprint density at radius 3 is 2.53 bits per heavy atom. The molecule has 1 aromatic carbocycles. The minimum absolute atomic E-state index is 0.00168. The molecule has 2 heteroatoms. The Morgan fingerprint density at radius 1 is 1.26 bits per heavy atom. The summed E-state index contributed by atoms with van der Waals surface area (Å²) in [7, 11) is 0. The number of hydrogen-bond donors (Lipinski definition) is 1. The zero-order valence-corrected chi connectivity index (χ0v) is 12.5. The zero-order valence-electron chi connectivity index (χ0n) is 12.5. The number of aryl methyl sites for hydroxylation is 1. The van der Waals surface area contributed by atoms with Gasteiger partial charge in [-0.25, -0.2) is 0 Å². The molecule has 0 spiro atoms. The molecule has 0 amide bonds. The van der Waals surface area contributed by atoms with Crippen LogP contribution < -0.4 is 5.73 Å². The minimum Gasteiger partial charge on any atom is -0.375 e. The molecule has 0 saturated carbocycles. The monoisotopic (exact) mass is 261 g/mol. The van der Waals surface area contributed by atoms with Gasteiger partial charge in [0, 0.05) is 12.0 Å². The molecule has 1 fully saturated rings. The van der Waals surface area contributed by atoms with E-state index in [4.69, 9.17) is 10.5 Å². The number of hydrogen-bond acceptors (Lipinski definition) is 2. The number of rotatable bonds is 4. The van der Waals surface area contributed by atoms with Gasteiger partial charge in [-0.15, -0.1) is 0 Å². The first kappa shape index (κ1) is 14.5. The molecule has 1 aromatic rings. The Bertz CT molecular complexity index is 410. The van der Waals surface area contributed by atoms with Crippen molar-refractivity contribution in [2.45, 2.75) is 57.5 Å². The predicted molar refractivity (Wildman–Crippen MR) is 80.4 cm³/mol. The number of benzene rings is 1. The quantitative estimate of drug-likeness (QED) is 0.899. The van der Waals surface area contributed by atoms with Crippen molar-refractivity contribution in [1.82, 2.24) is 0 Å². The van der Waals surface area contributed by atoms with Gasteiger partial charge >= 0.3 is 0 Å². The van der Waals surface area contributed by atoms with Gasteiger partial charge in [-0.05, 0) is 51.6 Å². The van der Waals surface area contributed by atoms with Crippen LogP contribution in [0.4, 0.5) is 0 Å². The van der Waals surface area contributed by atoms with Crippen LogP contribution in [0.1, 0.15) is 50.7 Å². The molecule has 2 N–H and O–H groups in total. The van der Waals surface area contributed by atoms with Gasteiger partial charge in [-0.2, -0.15) is 0 Å². The topological polar surface area (TPSA) is 35.2 Å². The van der Waals surface area contributed by atoms with Crippen molar-refractivity contribution in [2.24, 2.45) is 5.73 Å². The average molecular weight is 261 g/mol.